The van der Waals surface area contributed by atoms with E-state index in [1.807, 2.05) is 0 Å². The third-order valence-electron chi connectivity index (χ3n) is 3.50. The second-order valence-electron chi connectivity index (χ2n) is 4.11. The fourth-order valence-corrected chi connectivity index (χ4v) is 2.93. The van der Waals surface area contributed by atoms with Crippen molar-refractivity contribution in [2.75, 3.05) is 6.54 Å². The topological polar surface area (TPSA) is 24.4 Å². The summed E-state index contributed by atoms with van der Waals surface area (Å²) in [4.78, 5) is 4.52. The number of piperidine rings is 1. The highest BCUT2D eigenvalue weighted by atomic mass is 15.0. The number of hydrogen-bond acceptors (Lipinski definition) is 2. The molecule has 4 bridgehead atoms. The average Bonchev–Trinajstić information content (AvgIpc) is 2.05. The molecule has 1 saturated heterocycles. The normalized spacial score (nSPS) is 53.1. The molecule has 2 heteroatoms. The number of nitrogens with one attached hydrogen (secondary N) is 1. The van der Waals surface area contributed by atoms with E-state index >= 15 is 0 Å². The summed E-state index contributed by atoms with van der Waals surface area (Å²) in [5.74, 6) is 1.76. The average molecular weight is 150 g/mol. The van der Waals surface area contributed by atoms with E-state index in [2.05, 4.69) is 16.5 Å². The molecule has 0 radical (unpaired) electrons. The van der Waals surface area contributed by atoms with Gasteiger partial charge in [0.2, 0.25) is 0 Å². The second kappa shape index (κ2) is 2.07. The first-order valence-corrected chi connectivity index (χ1v) is 4.70. The Balaban J connectivity index is 1.96. The molecule has 3 heterocycles. The van der Waals surface area contributed by atoms with Crippen molar-refractivity contribution in [3.8, 4) is 0 Å². The molecular weight excluding hydrogens is 136 g/mol. The zero-order valence-electron chi connectivity index (χ0n) is 6.66. The number of hydrogen-bond donors (Lipinski definition) is 1. The second-order valence-corrected chi connectivity index (χ2v) is 4.11. The van der Waals surface area contributed by atoms with Crippen LogP contribution in [0.15, 0.2) is 4.99 Å². The Labute approximate surface area is 67.1 Å². The zero-order valence-corrected chi connectivity index (χ0v) is 6.66. The van der Waals surface area contributed by atoms with Crippen LogP contribution in [-0.2, 0) is 0 Å². The van der Waals surface area contributed by atoms with Crippen LogP contribution < -0.4 is 5.32 Å². The lowest BCUT2D eigenvalue weighted by atomic mass is 9.68. The van der Waals surface area contributed by atoms with E-state index < -0.39 is 0 Å². The van der Waals surface area contributed by atoms with Crippen LogP contribution in [0.25, 0.3) is 0 Å². The summed E-state index contributed by atoms with van der Waals surface area (Å²) in [6, 6.07) is 1.45. The first-order chi connectivity index (χ1) is 5.43. The van der Waals surface area contributed by atoms with Gasteiger partial charge < -0.3 is 5.32 Å². The Bertz CT molecular complexity index is 186. The van der Waals surface area contributed by atoms with E-state index in [-0.39, 0.29) is 0 Å². The molecule has 0 aromatic rings. The van der Waals surface area contributed by atoms with E-state index in [0.717, 1.165) is 17.9 Å². The Morgan fingerprint density at radius 3 is 3.09 bits per heavy atom. The van der Waals surface area contributed by atoms with Gasteiger partial charge in [0.1, 0.15) is 0 Å². The first kappa shape index (κ1) is 6.18. The summed E-state index contributed by atoms with van der Waals surface area (Å²) in [6.45, 7) is 1.24. The summed E-state index contributed by atoms with van der Waals surface area (Å²) in [5, 5.41) is 3.59. The molecule has 4 aliphatic rings. The van der Waals surface area contributed by atoms with E-state index in [0.29, 0.717) is 6.04 Å². The molecule has 60 valence electrons. The molecule has 3 aliphatic heterocycles. The van der Waals surface area contributed by atoms with Gasteiger partial charge in [-0.15, -0.1) is 0 Å². The molecule has 0 aromatic heterocycles. The predicted molar refractivity (Wildman–Crippen MR) is 44.9 cm³/mol. The van der Waals surface area contributed by atoms with E-state index in [1.54, 1.807) is 0 Å². The molecule has 0 amide bonds. The van der Waals surface area contributed by atoms with Gasteiger partial charge in [0.05, 0.1) is 6.04 Å². The lowest BCUT2D eigenvalue weighted by Gasteiger charge is -2.47. The third kappa shape index (κ3) is 0.791. The van der Waals surface area contributed by atoms with Gasteiger partial charge in [-0.05, 0) is 31.7 Å². The van der Waals surface area contributed by atoms with Crippen LogP contribution in [0.4, 0.5) is 0 Å². The summed E-state index contributed by atoms with van der Waals surface area (Å²) < 4.78 is 0. The largest absolute Gasteiger partial charge is 0.313 e. The number of nitrogens with zero attached hydrogens (tertiary/aromatic N) is 1. The van der Waals surface area contributed by atoms with Crippen molar-refractivity contribution >= 4 is 6.21 Å². The molecule has 1 saturated carbocycles. The highest BCUT2D eigenvalue weighted by Gasteiger charge is 2.41. The summed E-state index contributed by atoms with van der Waals surface area (Å²) in [7, 11) is 0. The van der Waals surface area contributed by atoms with Crippen molar-refractivity contribution in [1.29, 1.82) is 0 Å². The van der Waals surface area contributed by atoms with Crippen LogP contribution in [0, 0.1) is 11.8 Å². The smallest absolute Gasteiger partial charge is 0.0513 e. The molecule has 4 atom stereocenters. The van der Waals surface area contributed by atoms with Crippen LogP contribution >= 0.6 is 0 Å². The third-order valence-corrected chi connectivity index (χ3v) is 3.50. The lowest BCUT2D eigenvalue weighted by Crippen LogP contribution is -2.54. The van der Waals surface area contributed by atoms with Crippen molar-refractivity contribution < 1.29 is 0 Å². The molecule has 1 N–H and O–H groups in total. The summed E-state index contributed by atoms with van der Waals surface area (Å²) in [6.07, 6.45) is 6.28. The number of aliphatic imine (C=N–C) groups is 1. The van der Waals surface area contributed by atoms with Crippen molar-refractivity contribution in [1.82, 2.24) is 5.32 Å². The molecule has 2 nitrogen and oxygen atoms in total. The van der Waals surface area contributed by atoms with Gasteiger partial charge in [-0.25, -0.2) is 0 Å². The van der Waals surface area contributed by atoms with Crippen molar-refractivity contribution in [3.05, 3.63) is 0 Å². The highest BCUT2D eigenvalue weighted by molar-refractivity contribution is 5.65. The molecule has 4 unspecified atom stereocenters. The van der Waals surface area contributed by atoms with Crippen LogP contribution in [0.2, 0.25) is 0 Å². The minimum absolute atomic E-state index is 0.669. The SMILES string of the molecule is C1=NC2CC3CCNC(C2)C13. The Morgan fingerprint density at radius 2 is 2.36 bits per heavy atom. The van der Waals surface area contributed by atoms with Crippen molar-refractivity contribution in [2.45, 2.75) is 31.3 Å². The molecule has 1 aliphatic carbocycles. The molecule has 11 heavy (non-hydrogen) atoms. The quantitative estimate of drug-likeness (QED) is 0.543. The van der Waals surface area contributed by atoms with Crippen LogP contribution in [-0.4, -0.2) is 24.8 Å². The Kier molecular flexibility index (Phi) is 1.16. The van der Waals surface area contributed by atoms with Gasteiger partial charge in [-0.3, -0.25) is 4.99 Å². The summed E-state index contributed by atoms with van der Waals surface area (Å²) >= 11 is 0. The maximum atomic E-state index is 4.52. The van der Waals surface area contributed by atoms with Gasteiger partial charge in [-0.2, -0.15) is 0 Å². The first-order valence-electron chi connectivity index (χ1n) is 4.70. The summed E-state index contributed by atoms with van der Waals surface area (Å²) in [5.41, 5.74) is 0. The predicted octanol–water partition coefficient (Wildman–Crippen LogP) is 0.828. The lowest BCUT2D eigenvalue weighted by molar-refractivity contribution is 0.149. The standard InChI is InChI=1S/C9H14N2/c1-2-10-9-4-7-3-6(1)8(9)5-11-7/h5-10H,1-4H2. The van der Waals surface area contributed by atoms with Gasteiger partial charge >= 0.3 is 0 Å². The van der Waals surface area contributed by atoms with Gasteiger partial charge in [0.25, 0.3) is 0 Å². The Morgan fingerprint density at radius 1 is 1.36 bits per heavy atom. The van der Waals surface area contributed by atoms with E-state index in [1.165, 1.54) is 25.8 Å². The number of rotatable bonds is 0. The monoisotopic (exact) mass is 150 g/mol. The van der Waals surface area contributed by atoms with Gasteiger partial charge in [0.15, 0.2) is 0 Å². The molecule has 4 rings (SSSR count). The van der Waals surface area contributed by atoms with E-state index in [4.69, 9.17) is 0 Å². The molecule has 0 spiro atoms. The van der Waals surface area contributed by atoms with Crippen LogP contribution in [0.3, 0.4) is 0 Å². The van der Waals surface area contributed by atoms with Crippen molar-refractivity contribution in [2.24, 2.45) is 16.8 Å². The molecular formula is C9H14N2. The van der Waals surface area contributed by atoms with Crippen LogP contribution in [0.5, 0.6) is 0 Å². The highest BCUT2D eigenvalue weighted by Crippen LogP contribution is 2.39. The zero-order chi connectivity index (χ0) is 7.26. The van der Waals surface area contributed by atoms with Gasteiger partial charge in [-0.1, -0.05) is 0 Å². The minimum Gasteiger partial charge on any atom is -0.313 e. The van der Waals surface area contributed by atoms with Gasteiger partial charge in [0, 0.05) is 18.2 Å². The minimum atomic E-state index is 0.669. The molecule has 0 aromatic carbocycles. The van der Waals surface area contributed by atoms with E-state index in [9.17, 15) is 0 Å². The van der Waals surface area contributed by atoms with Crippen molar-refractivity contribution in [3.63, 3.8) is 0 Å². The van der Waals surface area contributed by atoms with Crippen LogP contribution in [0.1, 0.15) is 19.3 Å². The Hall–Kier alpha value is -0.370. The fraction of sp³-hybridized carbons (Fsp3) is 0.889. The maximum absolute atomic E-state index is 4.52. The molecule has 2 fully saturated rings. The maximum Gasteiger partial charge on any atom is 0.0513 e. The fourth-order valence-electron chi connectivity index (χ4n) is 2.93.